The van der Waals surface area contributed by atoms with Crippen molar-refractivity contribution in [2.45, 2.75) is 33.0 Å². The number of esters is 2. The van der Waals surface area contributed by atoms with Crippen molar-refractivity contribution >= 4 is 23.5 Å². The van der Waals surface area contributed by atoms with Gasteiger partial charge in [-0.25, -0.2) is 9.59 Å². The fraction of sp³-hybridized carbons (Fsp3) is 0.250. The number of carbonyl (C=O) groups excluding carboxylic acids is 3. The molecule has 6 nitrogen and oxygen atoms in total. The summed E-state index contributed by atoms with van der Waals surface area (Å²) in [5.74, 6) is -2.78. The fourth-order valence-corrected chi connectivity index (χ4v) is 2.20. The number of para-hydroxylation sites is 1. The first-order chi connectivity index (χ1) is 12.4. The van der Waals surface area contributed by atoms with Crippen LogP contribution in [0.2, 0.25) is 0 Å². The predicted octanol–water partition coefficient (Wildman–Crippen LogP) is 3.26. The number of hydrogen-bond donors (Lipinski definition) is 0. The van der Waals surface area contributed by atoms with Gasteiger partial charge in [-0.15, -0.1) is 0 Å². The van der Waals surface area contributed by atoms with Gasteiger partial charge in [-0.2, -0.15) is 0 Å². The molecule has 1 fully saturated rings. The number of benzene rings is 1. The monoisotopic (exact) mass is 355 g/mol. The molecule has 6 heteroatoms. The third-order valence-corrected chi connectivity index (χ3v) is 3.79. The topological polar surface area (TPSA) is 72.9 Å². The molecule has 0 atom stereocenters. The minimum absolute atomic E-state index is 0.141. The van der Waals surface area contributed by atoms with E-state index in [4.69, 9.17) is 9.47 Å². The maximum Gasteiger partial charge on any atom is 0.348 e. The molecule has 0 aromatic heterocycles. The molecule has 0 radical (unpaired) electrons. The van der Waals surface area contributed by atoms with Crippen molar-refractivity contribution < 1.29 is 23.9 Å². The minimum Gasteiger partial charge on any atom is -0.419 e. The normalized spacial score (nSPS) is 20.2. The van der Waals surface area contributed by atoms with Crippen molar-refractivity contribution in [2.75, 3.05) is 4.90 Å². The van der Waals surface area contributed by atoms with Gasteiger partial charge in [0, 0.05) is 32.2 Å². The van der Waals surface area contributed by atoms with Gasteiger partial charge >= 0.3 is 11.9 Å². The van der Waals surface area contributed by atoms with Crippen molar-refractivity contribution in [2.24, 2.45) is 0 Å². The Morgan fingerprint density at radius 2 is 1.69 bits per heavy atom. The highest BCUT2D eigenvalue weighted by Crippen LogP contribution is 2.26. The lowest BCUT2D eigenvalue weighted by molar-refractivity contribution is -0.229. The maximum absolute atomic E-state index is 11.9. The zero-order chi connectivity index (χ0) is 19.2. The van der Waals surface area contributed by atoms with Crippen LogP contribution in [0.3, 0.4) is 0 Å². The van der Waals surface area contributed by atoms with Gasteiger partial charge in [0.2, 0.25) is 5.91 Å². The Hall–Kier alpha value is -3.15. The Labute approximate surface area is 152 Å². The number of amides is 1. The van der Waals surface area contributed by atoms with Crippen LogP contribution >= 0.6 is 0 Å². The van der Waals surface area contributed by atoms with Crippen LogP contribution in [0.25, 0.3) is 0 Å². The van der Waals surface area contributed by atoms with Gasteiger partial charge in [0.25, 0.3) is 5.79 Å². The van der Waals surface area contributed by atoms with Crippen molar-refractivity contribution in [3.8, 4) is 0 Å². The summed E-state index contributed by atoms with van der Waals surface area (Å²) in [6.45, 7) is 4.76. The van der Waals surface area contributed by atoms with E-state index in [1.807, 2.05) is 30.3 Å². The molecule has 1 aromatic rings. The molecule has 26 heavy (non-hydrogen) atoms. The van der Waals surface area contributed by atoms with Crippen molar-refractivity contribution in [3.63, 3.8) is 0 Å². The first-order valence-electron chi connectivity index (χ1n) is 8.23. The van der Waals surface area contributed by atoms with Gasteiger partial charge in [-0.05, 0) is 24.3 Å². The summed E-state index contributed by atoms with van der Waals surface area (Å²) in [4.78, 5) is 37.1. The zero-order valence-corrected chi connectivity index (χ0v) is 15.0. The van der Waals surface area contributed by atoms with Gasteiger partial charge in [-0.3, -0.25) is 9.69 Å². The van der Waals surface area contributed by atoms with Crippen LogP contribution in [-0.2, 0) is 23.9 Å². The van der Waals surface area contributed by atoms with E-state index in [0.717, 1.165) is 5.69 Å². The van der Waals surface area contributed by atoms with E-state index in [1.165, 1.54) is 30.9 Å². The molecule has 1 saturated heterocycles. The Morgan fingerprint density at radius 1 is 1.08 bits per heavy atom. The molecule has 1 aliphatic rings. The van der Waals surface area contributed by atoms with Crippen LogP contribution in [0, 0.1) is 0 Å². The lowest BCUT2D eigenvalue weighted by Gasteiger charge is -2.32. The minimum atomic E-state index is -1.22. The summed E-state index contributed by atoms with van der Waals surface area (Å²) in [5.41, 5.74) is 0.563. The largest absolute Gasteiger partial charge is 0.419 e. The quantitative estimate of drug-likeness (QED) is 0.351. The Bertz CT molecular complexity index is 757. The third kappa shape index (κ3) is 4.69. The van der Waals surface area contributed by atoms with E-state index < -0.39 is 17.7 Å². The van der Waals surface area contributed by atoms with Crippen LogP contribution in [0.4, 0.5) is 5.69 Å². The zero-order valence-electron chi connectivity index (χ0n) is 15.0. The maximum atomic E-state index is 11.9. The Morgan fingerprint density at radius 3 is 2.23 bits per heavy atom. The van der Waals surface area contributed by atoms with E-state index in [-0.39, 0.29) is 11.5 Å². The molecule has 136 valence electrons. The van der Waals surface area contributed by atoms with Gasteiger partial charge < -0.3 is 9.47 Å². The van der Waals surface area contributed by atoms with Crippen LogP contribution in [0.1, 0.15) is 27.2 Å². The molecule has 0 aliphatic carbocycles. The molecule has 1 heterocycles. The van der Waals surface area contributed by atoms with E-state index in [9.17, 15) is 14.4 Å². The van der Waals surface area contributed by atoms with Crippen LogP contribution < -0.4 is 4.90 Å². The smallest absolute Gasteiger partial charge is 0.348 e. The Kier molecular flexibility index (Phi) is 6.11. The molecular formula is C20H21NO5. The Balaban J connectivity index is 2.07. The summed E-state index contributed by atoms with van der Waals surface area (Å²) in [5, 5.41) is 0. The molecular weight excluding hydrogens is 334 g/mol. The molecule has 1 aliphatic heterocycles. The molecule has 0 bridgehead atoms. The first-order valence-corrected chi connectivity index (χ1v) is 8.23. The summed E-state index contributed by atoms with van der Waals surface area (Å²) in [6, 6.07) is 9.17. The number of hydrogen-bond acceptors (Lipinski definition) is 5. The number of anilines is 1. The number of ether oxygens (including phenoxy) is 2. The van der Waals surface area contributed by atoms with Crippen molar-refractivity contribution in [3.05, 3.63) is 66.4 Å². The summed E-state index contributed by atoms with van der Waals surface area (Å²) in [7, 11) is 0. The molecule has 1 amide bonds. The number of carbonyl (C=O) groups is 3. The third-order valence-electron chi connectivity index (χ3n) is 3.79. The number of nitrogens with zero attached hydrogens (tertiary/aromatic N) is 1. The SMILES string of the molecule is CCC1(C)OC(=O)C(=C/C=C/C=C/N(C(C)=O)c2ccccc2)C(=O)O1. The second-order valence-electron chi connectivity index (χ2n) is 5.80. The van der Waals surface area contributed by atoms with E-state index in [0.29, 0.717) is 6.42 Å². The number of rotatable bonds is 5. The van der Waals surface area contributed by atoms with Crippen LogP contribution in [0.15, 0.2) is 66.4 Å². The molecule has 0 N–H and O–H groups in total. The molecule has 2 rings (SSSR count). The summed E-state index contributed by atoms with van der Waals surface area (Å²) < 4.78 is 10.3. The van der Waals surface area contributed by atoms with Crippen molar-refractivity contribution in [1.29, 1.82) is 0 Å². The second-order valence-corrected chi connectivity index (χ2v) is 5.80. The molecule has 1 aromatic carbocycles. The average molecular weight is 355 g/mol. The summed E-state index contributed by atoms with van der Waals surface area (Å²) in [6.07, 6.45) is 8.02. The molecule has 0 saturated carbocycles. The van der Waals surface area contributed by atoms with Gasteiger partial charge in [-0.1, -0.05) is 37.3 Å². The van der Waals surface area contributed by atoms with Crippen LogP contribution in [-0.4, -0.2) is 23.6 Å². The summed E-state index contributed by atoms with van der Waals surface area (Å²) >= 11 is 0. The standard InChI is InChI=1S/C20H21NO5/c1-4-20(3)25-18(23)17(19(24)26-20)13-9-6-10-14-21(15(2)22)16-11-7-5-8-12-16/h5-14H,4H2,1-3H3/b9-6+,14-10+,17-13?. The number of cyclic esters (lactones) is 2. The van der Waals surface area contributed by atoms with E-state index in [2.05, 4.69) is 0 Å². The molecule has 0 spiro atoms. The van der Waals surface area contributed by atoms with Gasteiger partial charge in [0.15, 0.2) is 0 Å². The van der Waals surface area contributed by atoms with Crippen LogP contribution in [0.5, 0.6) is 0 Å². The average Bonchev–Trinajstić information content (AvgIpc) is 2.60. The highest BCUT2D eigenvalue weighted by atomic mass is 16.7. The first kappa shape index (κ1) is 19.2. The highest BCUT2D eigenvalue weighted by Gasteiger charge is 2.40. The van der Waals surface area contributed by atoms with E-state index in [1.54, 1.807) is 25.3 Å². The lowest BCUT2D eigenvalue weighted by Crippen LogP contribution is -2.43. The molecule has 0 unspecified atom stereocenters. The van der Waals surface area contributed by atoms with Gasteiger partial charge in [0.05, 0.1) is 0 Å². The predicted molar refractivity (Wildman–Crippen MR) is 96.8 cm³/mol. The highest BCUT2D eigenvalue weighted by molar-refractivity contribution is 6.15. The number of allylic oxidation sites excluding steroid dienone is 4. The van der Waals surface area contributed by atoms with Crippen molar-refractivity contribution in [1.82, 2.24) is 0 Å². The van der Waals surface area contributed by atoms with Gasteiger partial charge in [0.1, 0.15) is 5.57 Å². The van der Waals surface area contributed by atoms with E-state index >= 15 is 0 Å². The fourth-order valence-electron chi connectivity index (χ4n) is 2.20. The second kappa shape index (κ2) is 8.29. The lowest BCUT2D eigenvalue weighted by atomic mass is 10.1.